The molecule has 0 unspecified atom stereocenters. The minimum Gasteiger partial charge on any atom is -0.467 e. The van der Waals surface area contributed by atoms with E-state index in [1.54, 1.807) is 0 Å². The molecule has 0 aliphatic carbocycles. The van der Waals surface area contributed by atoms with Crippen molar-refractivity contribution in [2.45, 2.75) is 18.5 Å². The lowest BCUT2D eigenvalue weighted by molar-refractivity contribution is -0.105. The number of methoxy groups -OCH3 is 1. The first kappa shape index (κ1) is 16.6. The number of nitrogens with zero attached hydrogens (tertiary/aromatic N) is 3. The number of aliphatic hydroxyl groups is 1. The average Bonchev–Trinajstić information content (AvgIpc) is 2.56. The van der Waals surface area contributed by atoms with Gasteiger partial charge < -0.3 is 19.9 Å². The van der Waals surface area contributed by atoms with Crippen molar-refractivity contribution in [1.82, 2.24) is 20.2 Å². The van der Waals surface area contributed by atoms with E-state index < -0.39 is 5.54 Å². The van der Waals surface area contributed by atoms with Gasteiger partial charge in [-0.15, -0.1) is 0 Å². The van der Waals surface area contributed by atoms with E-state index in [1.165, 1.54) is 19.5 Å². The standard InChI is InChI=1S/C14H22N4O4/c1-10-6-22-9-14(8-19,18(10)2)7-17-12(20)11-4-15-13(21-3)16-5-11/h4-5,10,19H,6-9H2,1-3H3,(H,17,20)/t10-,14+/m1/s1. The van der Waals surface area contributed by atoms with Crippen LogP contribution in [0.4, 0.5) is 0 Å². The summed E-state index contributed by atoms with van der Waals surface area (Å²) in [5.74, 6) is -0.304. The zero-order valence-electron chi connectivity index (χ0n) is 13.1. The number of carbonyl (C=O) groups is 1. The summed E-state index contributed by atoms with van der Waals surface area (Å²) < 4.78 is 10.4. The Labute approximate surface area is 129 Å². The Morgan fingerprint density at radius 1 is 1.59 bits per heavy atom. The number of aromatic nitrogens is 2. The monoisotopic (exact) mass is 310 g/mol. The van der Waals surface area contributed by atoms with Gasteiger partial charge in [-0.05, 0) is 14.0 Å². The minimum absolute atomic E-state index is 0.104. The third-order valence-corrected chi connectivity index (χ3v) is 4.08. The molecule has 0 bridgehead atoms. The molecule has 1 aliphatic heterocycles. The molecule has 2 atom stereocenters. The first-order chi connectivity index (χ1) is 10.5. The summed E-state index contributed by atoms with van der Waals surface area (Å²) in [4.78, 5) is 22.0. The molecule has 1 fully saturated rings. The third kappa shape index (κ3) is 3.34. The number of likely N-dealkylation sites (N-methyl/N-ethyl adjacent to an activating group) is 1. The Hall–Kier alpha value is -1.77. The van der Waals surface area contributed by atoms with Crippen LogP contribution >= 0.6 is 0 Å². The quantitative estimate of drug-likeness (QED) is 0.742. The highest BCUT2D eigenvalue weighted by Crippen LogP contribution is 2.21. The van der Waals surface area contributed by atoms with Gasteiger partial charge in [-0.25, -0.2) is 9.97 Å². The topological polar surface area (TPSA) is 96.8 Å². The minimum atomic E-state index is -0.624. The second kappa shape index (κ2) is 6.99. The van der Waals surface area contributed by atoms with Crippen molar-refractivity contribution in [3.63, 3.8) is 0 Å². The highest BCUT2D eigenvalue weighted by atomic mass is 16.5. The predicted molar refractivity (Wildman–Crippen MR) is 78.8 cm³/mol. The molecule has 1 aliphatic rings. The second-order valence-corrected chi connectivity index (χ2v) is 5.50. The first-order valence-electron chi connectivity index (χ1n) is 7.08. The number of nitrogens with one attached hydrogen (secondary N) is 1. The maximum absolute atomic E-state index is 12.2. The van der Waals surface area contributed by atoms with Crippen molar-refractivity contribution < 1.29 is 19.4 Å². The predicted octanol–water partition coefficient (Wildman–Crippen LogP) is -0.703. The lowest BCUT2D eigenvalue weighted by Crippen LogP contribution is -2.65. The smallest absolute Gasteiger partial charge is 0.316 e. The number of amides is 1. The molecule has 2 heterocycles. The SMILES string of the molecule is COc1ncc(C(=O)NC[C@]2(CO)COC[C@@H](C)N2C)cn1. The molecule has 1 saturated heterocycles. The van der Waals surface area contributed by atoms with E-state index in [4.69, 9.17) is 9.47 Å². The van der Waals surface area contributed by atoms with Gasteiger partial charge in [0.1, 0.15) is 0 Å². The fraction of sp³-hybridized carbons (Fsp3) is 0.643. The van der Waals surface area contributed by atoms with Crippen LogP contribution in [0.2, 0.25) is 0 Å². The molecular formula is C14H22N4O4. The van der Waals surface area contributed by atoms with E-state index in [-0.39, 0.29) is 31.1 Å². The maximum atomic E-state index is 12.2. The van der Waals surface area contributed by atoms with Gasteiger partial charge in [0.2, 0.25) is 0 Å². The van der Waals surface area contributed by atoms with Gasteiger partial charge in [-0.2, -0.15) is 0 Å². The van der Waals surface area contributed by atoms with Crippen LogP contribution in [-0.2, 0) is 4.74 Å². The van der Waals surface area contributed by atoms with E-state index in [0.717, 1.165) is 0 Å². The van der Waals surface area contributed by atoms with Gasteiger partial charge in [0.05, 0.1) is 38.0 Å². The molecule has 1 aromatic heterocycles. The average molecular weight is 310 g/mol. The zero-order valence-corrected chi connectivity index (χ0v) is 13.1. The molecule has 1 amide bonds. The van der Waals surface area contributed by atoms with Crippen molar-refractivity contribution in [3.05, 3.63) is 18.0 Å². The van der Waals surface area contributed by atoms with Gasteiger partial charge in [0.15, 0.2) is 0 Å². The molecule has 8 nitrogen and oxygen atoms in total. The molecule has 22 heavy (non-hydrogen) atoms. The van der Waals surface area contributed by atoms with Crippen LogP contribution in [0.1, 0.15) is 17.3 Å². The molecule has 1 aromatic rings. The van der Waals surface area contributed by atoms with Gasteiger partial charge in [-0.3, -0.25) is 9.69 Å². The Bertz CT molecular complexity index is 510. The normalized spacial score (nSPS) is 25.7. The number of rotatable bonds is 5. The number of aliphatic hydroxyl groups excluding tert-OH is 1. The summed E-state index contributed by atoms with van der Waals surface area (Å²) in [7, 11) is 3.38. The van der Waals surface area contributed by atoms with E-state index in [2.05, 4.69) is 15.3 Å². The van der Waals surface area contributed by atoms with Gasteiger partial charge in [0.25, 0.3) is 5.91 Å². The molecule has 8 heteroatoms. The maximum Gasteiger partial charge on any atom is 0.316 e. The Kier molecular flexibility index (Phi) is 5.28. The molecule has 122 valence electrons. The second-order valence-electron chi connectivity index (χ2n) is 5.50. The first-order valence-corrected chi connectivity index (χ1v) is 7.08. The molecule has 0 saturated carbocycles. The summed E-state index contributed by atoms with van der Waals surface area (Å²) in [5.41, 5.74) is -0.290. The lowest BCUT2D eigenvalue weighted by Gasteiger charge is -2.47. The lowest BCUT2D eigenvalue weighted by atomic mass is 9.96. The molecule has 0 aromatic carbocycles. The van der Waals surface area contributed by atoms with Crippen LogP contribution in [0, 0.1) is 0 Å². The molecule has 0 spiro atoms. The van der Waals surface area contributed by atoms with E-state index in [1.807, 2.05) is 18.9 Å². The van der Waals surface area contributed by atoms with Crippen molar-refractivity contribution >= 4 is 5.91 Å². The summed E-state index contributed by atoms with van der Waals surface area (Å²) in [6.07, 6.45) is 2.80. The number of carbonyl (C=O) groups excluding carboxylic acids is 1. The van der Waals surface area contributed by atoms with Crippen LogP contribution in [0.5, 0.6) is 6.01 Å². The molecule has 0 radical (unpaired) electrons. The fourth-order valence-electron chi connectivity index (χ4n) is 2.38. The van der Waals surface area contributed by atoms with Crippen LogP contribution in [-0.4, -0.2) is 78.0 Å². The largest absolute Gasteiger partial charge is 0.467 e. The highest BCUT2D eigenvalue weighted by Gasteiger charge is 2.40. The fourth-order valence-corrected chi connectivity index (χ4v) is 2.38. The van der Waals surface area contributed by atoms with Crippen molar-refractivity contribution in [3.8, 4) is 6.01 Å². The van der Waals surface area contributed by atoms with Crippen molar-refractivity contribution in [2.75, 3.05) is 40.5 Å². The van der Waals surface area contributed by atoms with Crippen molar-refractivity contribution in [1.29, 1.82) is 0 Å². The number of morpholine rings is 1. The van der Waals surface area contributed by atoms with Crippen LogP contribution in [0.15, 0.2) is 12.4 Å². The van der Waals surface area contributed by atoms with Crippen LogP contribution < -0.4 is 10.1 Å². The number of ether oxygens (including phenoxy) is 2. The highest BCUT2D eigenvalue weighted by molar-refractivity contribution is 5.93. The molecular weight excluding hydrogens is 288 g/mol. The molecule has 2 N–H and O–H groups in total. The third-order valence-electron chi connectivity index (χ3n) is 4.08. The summed E-state index contributed by atoms with van der Waals surface area (Å²) in [5, 5.41) is 12.6. The summed E-state index contributed by atoms with van der Waals surface area (Å²) in [6.45, 7) is 3.16. The number of hydrogen-bond donors (Lipinski definition) is 2. The van der Waals surface area contributed by atoms with Gasteiger partial charge >= 0.3 is 6.01 Å². The van der Waals surface area contributed by atoms with Crippen LogP contribution in [0.3, 0.4) is 0 Å². The Balaban J connectivity index is 2.01. The Morgan fingerprint density at radius 2 is 2.27 bits per heavy atom. The summed E-state index contributed by atoms with van der Waals surface area (Å²) >= 11 is 0. The number of hydrogen-bond acceptors (Lipinski definition) is 7. The van der Waals surface area contributed by atoms with Crippen LogP contribution in [0.25, 0.3) is 0 Å². The summed E-state index contributed by atoms with van der Waals surface area (Å²) in [6, 6.07) is 0.375. The van der Waals surface area contributed by atoms with Gasteiger partial charge in [-0.1, -0.05) is 0 Å². The van der Waals surface area contributed by atoms with Crippen molar-refractivity contribution in [2.24, 2.45) is 0 Å². The van der Waals surface area contributed by atoms with E-state index in [9.17, 15) is 9.90 Å². The molecule has 2 rings (SSSR count). The van der Waals surface area contributed by atoms with E-state index >= 15 is 0 Å². The van der Waals surface area contributed by atoms with E-state index in [0.29, 0.717) is 18.8 Å². The zero-order chi connectivity index (χ0) is 16.2. The van der Waals surface area contributed by atoms with Gasteiger partial charge in [0, 0.05) is 25.0 Å². The Morgan fingerprint density at radius 3 is 2.86 bits per heavy atom.